The van der Waals surface area contributed by atoms with E-state index in [0.717, 1.165) is 45.4 Å². The minimum Gasteiger partial charge on any atom is -0.459 e. The fraction of sp³-hybridized carbons (Fsp3) is 0.611. The molecule has 0 aromatic heterocycles. The van der Waals surface area contributed by atoms with Crippen molar-refractivity contribution in [2.45, 2.75) is 50.8 Å². The van der Waals surface area contributed by atoms with Crippen molar-refractivity contribution in [3.05, 3.63) is 39.9 Å². The van der Waals surface area contributed by atoms with Crippen molar-refractivity contribution in [2.75, 3.05) is 19.8 Å². The van der Waals surface area contributed by atoms with E-state index in [2.05, 4.69) is 11.8 Å². The van der Waals surface area contributed by atoms with Crippen LogP contribution in [-0.2, 0) is 9.47 Å². The number of esters is 1. The molecule has 3 rings (SSSR count). The fourth-order valence-electron chi connectivity index (χ4n) is 3.72. The molecule has 7 heteroatoms. The number of rotatable bonds is 4. The third-order valence-corrected chi connectivity index (χ3v) is 5.12. The van der Waals surface area contributed by atoms with Crippen LogP contribution >= 0.6 is 0 Å². The summed E-state index contributed by atoms with van der Waals surface area (Å²) >= 11 is 0. The molecule has 1 atom stereocenters. The molecule has 1 heterocycles. The van der Waals surface area contributed by atoms with Crippen molar-refractivity contribution in [1.29, 1.82) is 0 Å². The minimum absolute atomic E-state index is 0.0308. The predicted octanol–water partition coefficient (Wildman–Crippen LogP) is 2.78. The van der Waals surface area contributed by atoms with Crippen molar-refractivity contribution < 1.29 is 19.2 Å². The highest BCUT2D eigenvalue weighted by Crippen LogP contribution is 2.28. The van der Waals surface area contributed by atoms with Gasteiger partial charge in [0.2, 0.25) is 0 Å². The third kappa shape index (κ3) is 4.35. The highest BCUT2D eigenvalue weighted by Gasteiger charge is 2.31. The molecule has 2 fully saturated rings. The van der Waals surface area contributed by atoms with Crippen LogP contribution in [0.15, 0.2) is 24.3 Å². The maximum absolute atomic E-state index is 12.2. The summed E-state index contributed by atoms with van der Waals surface area (Å²) in [7, 11) is 0. The van der Waals surface area contributed by atoms with E-state index in [9.17, 15) is 14.9 Å². The second kappa shape index (κ2) is 7.93. The first-order valence-corrected chi connectivity index (χ1v) is 8.83. The molecule has 0 radical (unpaired) electrons. The molecule has 1 saturated heterocycles. The van der Waals surface area contributed by atoms with Gasteiger partial charge in [-0.05, 0) is 44.7 Å². The Morgan fingerprint density at radius 2 is 1.92 bits per heavy atom. The van der Waals surface area contributed by atoms with Crippen molar-refractivity contribution in [3.8, 4) is 0 Å². The second-order valence-electron chi connectivity index (χ2n) is 6.80. The molecule has 1 aromatic carbocycles. The van der Waals surface area contributed by atoms with Gasteiger partial charge in [0.25, 0.3) is 5.69 Å². The zero-order chi connectivity index (χ0) is 17.8. The monoisotopic (exact) mass is 348 g/mol. The second-order valence-corrected chi connectivity index (χ2v) is 6.80. The number of hydrogen-bond donors (Lipinski definition) is 0. The van der Waals surface area contributed by atoms with Gasteiger partial charge in [-0.2, -0.15) is 0 Å². The number of ether oxygens (including phenoxy) is 2. The standard InChI is InChI=1S/C18H24N2O5/c1-13-12-24-11-10-19(13)15-6-8-17(9-7-15)25-18(21)14-2-4-16(5-3-14)20(22)23/h2-5,13,15,17H,6-12H2,1H3/t13-,15?,17?/m1/s1. The van der Waals surface area contributed by atoms with Crippen LogP contribution in [0.1, 0.15) is 43.0 Å². The van der Waals surface area contributed by atoms with E-state index in [1.165, 1.54) is 24.3 Å². The average Bonchev–Trinajstić information content (AvgIpc) is 2.63. The van der Waals surface area contributed by atoms with Crippen LogP contribution in [0.3, 0.4) is 0 Å². The summed E-state index contributed by atoms with van der Waals surface area (Å²) in [6, 6.07) is 6.52. The van der Waals surface area contributed by atoms with Crippen LogP contribution in [0.4, 0.5) is 5.69 Å². The molecule has 1 saturated carbocycles. The van der Waals surface area contributed by atoms with Crippen LogP contribution in [0.25, 0.3) is 0 Å². The summed E-state index contributed by atoms with van der Waals surface area (Å²) in [5, 5.41) is 10.7. The van der Waals surface area contributed by atoms with Gasteiger partial charge in [-0.3, -0.25) is 15.0 Å². The molecule has 1 aliphatic heterocycles. The zero-order valence-corrected chi connectivity index (χ0v) is 14.4. The summed E-state index contributed by atoms with van der Waals surface area (Å²) in [5.74, 6) is -0.405. The first-order valence-electron chi connectivity index (χ1n) is 8.83. The molecule has 25 heavy (non-hydrogen) atoms. The van der Waals surface area contributed by atoms with Gasteiger partial charge in [-0.1, -0.05) is 0 Å². The van der Waals surface area contributed by atoms with Crippen LogP contribution in [0.5, 0.6) is 0 Å². The fourth-order valence-corrected chi connectivity index (χ4v) is 3.72. The van der Waals surface area contributed by atoms with E-state index in [1.54, 1.807) is 0 Å². The van der Waals surface area contributed by atoms with Gasteiger partial charge >= 0.3 is 5.97 Å². The third-order valence-electron chi connectivity index (χ3n) is 5.12. The van der Waals surface area contributed by atoms with Crippen LogP contribution < -0.4 is 0 Å². The van der Waals surface area contributed by atoms with Crippen molar-refractivity contribution in [3.63, 3.8) is 0 Å². The highest BCUT2D eigenvalue weighted by molar-refractivity contribution is 5.89. The van der Waals surface area contributed by atoms with Crippen molar-refractivity contribution in [1.82, 2.24) is 4.90 Å². The van der Waals surface area contributed by atoms with E-state index >= 15 is 0 Å². The molecule has 0 N–H and O–H groups in total. The maximum atomic E-state index is 12.2. The van der Waals surface area contributed by atoms with Crippen molar-refractivity contribution in [2.24, 2.45) is 0 Å². The van der Waals surface area contributed by atoms with Gasteiger partial charge < -0.3 is 9.47 Å². The highest BCUT2D eigenvalue weighted by atomic mass is 16.6. The molecule has 0 amide bonds. The molecule has 1 aromatic rings. The molecular weight excluding hydrogens is 324 g/mol. The van der Waals surface area contributed by atoms with E-state index in [0.29, 0.717) is 17.6 Å². The minimum atomic E-state index is -0.483. The summed E-state index contributed by atoms with van der Waals surface area (Å²) in [5.41, 5.74) is 0.325. The number of nitro groups is 1. The number of hydrogen-bond acceptors (Lipinski definition) is 6. The summed E-state index contributed by atoms with van der Waals surface area (Å²) < 4.78 is 11.1. The molecule has 7 nitrogen and oxygen atoms in total. The number of morpholine rings is 1. The Balaban J connectivity index is 1.49. The Morgan fingerprint density at radius 3 is 2.52 bits per heavy atom. The largest absolute Gasteiger partial charge is 0.459 e. The Hall–Kier alpha value is -1.99. The molecule has 0 spiro atoms. The molecule has 136 valence electrons. The van der Waals surface area contributed by atoms with Crippen LogP contribution in [-0.4, -0.2) is 53.7 Å². The van der Waals surface area contributed by atoms with Gasteiger partial charge in [0.15, 0.2) is 0 Å². The van der Waals surface area contributed by atoms with E-state index in [1.807, 2.05) is 0 Å². The zero-order valence-electron chi connectivity index (χ0n) is 14.4. The van der Waals surface area contributed by atoms with Crippen LogP contribution in [0, 0.1) is 10.1 Å². The van der Waals surface area contributed by atoms with Gasteiger partial charge in [0, 0.05) is 30.8 Å². The SMILES string of the molecule is C[C@@H]1COCCN1C1CCC(OC(=O)c2ccc([N+](=O)[O-])cc2)CC1. The van der Waals surface area contributed by atoms with E-state index in [-0.39, 0.29) is 11.8 Å². The maximum Gasteiger partial charge on any atom is 0.338 e. The molecule has 0 bridgehead atoms. The lowest BCUT2D eigenvalue weighted by molar-refractivity contribution is -0.384. The lowest BCUT2D eigenvalue weighted by Crippen LogP contribution is -2.50. The normalized spacial score (nSPS) is 27.6. The van der Waals surface area contributed by atoms with Crippen molar-refractivity contribution >= 4 is 11.7 Å². The molecule has 2 aliphatic rings. The first kappa shape index (κ1) is 17.8. The van der Waals surface area contributed by atoms with Crippen LogP contribution in [0.2, 0.25) is 0 Å². The quantitative estimate of drug-likeness (QED) is 0.473. The van der Waals surface area contributed by atoms with E-state index in [4.69, 9.17) is 9.47 Å². The smallest absolute Gasteiger partial charge is 0.338 e. The first-order chi connectivity index (χ1) is 12.0. The number of carbonyl (C=O) groups is 1. The number of carbonyl (C=O) groups excluding carboxylic acids is 1. The summed E-state index contributed by atoms with van der Waals surface area (Å²) in [6.45, 7) is 4.74. The molecule has 1 aliphatic carbocycles. The summed E-state index contributed by atoms with van der Waals surface area (Å²) in [6.07, 6.45) is 3.67. The Kier molecular flexibility index (Phi) is 5.65. The predicted molar refractivity (Wildman–Crippen MR) is 91.5 cm³/mol. The topological polar surface area (TPSA) is 81.9 Å². The van der Waals surface area contributed by atoms with Gasteiger partial charge in [0.05, 0.1) is 23.7 Å². The number of non-ortho nitro benzene ring substituents is 1. The number of benzene rings is 1. The van der Waals surface area contributed by atoms with Gasteiger partial charge in [-0.25, -0.2) is 4.79 Å². The number of nitro benzene ring substituents is 1. The van der Waals surface area contributed by atoms with Gasteiger partial charge in [-0.15, -0.1) is 0 Å². The lowest BCUT2D eigenvalue weighted by Gasteiger charge is -2.42. The summed E-state index contributed by atoms with van der Waals surface area (Å²) in [4.78, 5) is 24.9. The molecular formula is C18H24N2O5. The number of nitrogens with zero attached hydrogens (tertiary/aromatic N) is 2. The van der Waals surface area contributed by atoms with Gasteiger partial charge in [0.1, 0.15) is 6.10 Å². The Bertz CT molecular complexity index is 610. The average molecular weight is 348 g/mol. The Morgan fingerprint density at radius 1 is 1.24 bits per heavy atom. The lowest BCUT2D eigenvalue weighted by atomic mass is 9.90. The molecule has 0 unspecified atom stereocenters. The Labute approximate surface area is 147 Å². The van der Waals surface area contributed by atoms with E-state index < -0.39 is 10.9 Å².